The van der Waals surface area contributed by atoms with Crippen LogP contribution >= 0.6 is 0 Å². The topological polar surface area (TPSA) is 53.9 Å². The second-order valence-electron chi connectivity index (χ2n) is 4.21. The summed E-state index contributed by atoms with van der Waals surface area (Å²) in [5.41, 5.74) is 2.45. The molecule has 0 aliphatic heterocycles. The maximum Gasteiger partial charge on any atom is 0.108 e. The summed E-state index contributed by atoms with van der Waals surface area (Å²) in [6, 6.07) is 4.50. The van der Waals surface area contributed by atoms with E-state index in [0.717, 1.165) is 24.4 Å². The molecule has 2 N–H and O–H groups in total. The standard InChI is InChI=1S/C12H15N3O/c1-2-11(10-5-7-16-12(10)3-1)13-8-9-4-6-14-15-9/h4-7,11,13H,1-3,8H2,(H,14,15). The molecule has 2 heterocycles. The fourth-order valence-corrected chi connectivity index (χ4v) is 2.31. The Kier molecular flexibility index (Phi) is 2.50. The van der Waals surface area contributed by atoms with Crippen molar-refractivity contribution in [3.8, 4) is 0 Å². The molecule has 0 saturated carbocycles. The van der Waals surface area contributed by atoms with E-state index in [1.165, 1.54) is 18.4 Å². The van der Waals surface area contributed by atoms with Gasteiger partial charge in [0.05, 0.1) is 6.26 Å². The van der Waals surface area contributed by atoms with Crippen LogP contribution in [0.4, 0.5) is 0 Å². The van der Waals surface area contributed by atoms with Crippen molar-refractivity contribution in [3.63, 3.8) is 0 Å². The Balaban J connectivity index is 1.69. The van der Waals surface area contributed by atoms with E-state index in [4.69, 9.17) is 4.42 Å². The molecule has 2 aromatic rings. The molecule has 0 aromatic carbocycles. The molecule has 16 heavy (non-hydrogen) atoms. The molecule has 0 bridgehead atoms. The second kappa shape index (κ2) is 4.14. The molecule has 84 valence electrons. The molecule has 4 nitrogen and oxygen atoms in total. The summed E-state index contributed by atoms with van der Waals surface area (Å²) in [5.74, 6) is 1.15. The van der Waals surface area contributed by atoms with Gasteiger partial charge in [0.1, 0.15) is 5.76 Å². The number of aryl methyl sites for hydroxylation is 1. The summed E-state index contributed by atoms with van der Waals surface area (Å²) in [5, 5.41) is 10.4. The van der Waals surface area contributed by atoms with Gasteiger partial charge in [-0.2, -0.15) is 5.10 Å². The predicted octanol–water partition coefficient (Wildman–Crippen LogP) is 2.17. The summed E-state index contributed by atoms with van der Waals surface area (Å²) in [7, 11) is 0. The molecule has 2 aromatic heterocycles. The number of aromatic amines is 1. The van der Waals surface area contributed by atoms with E-state index < -0.39 is 0 Å². The zero-order valence-electron chi connectivity index (χ0n) is 9.07. The third-order valence-electron chi connectivity index (χ3n) is 3.15. The molecular weight excluding hydrogens is 202 g/mol. The molecule has 1 unspecified atom stereocenters. The lowest BCUT2D eigenvalue weighted by atomic mass is 9.93. The number of fused-ring (bicyclic) bond motifs is 1. The Morgan fingerprint density at radius 3 is 3.38 bits per heavy atom. The summed E-state index contributed by atoms with van der Waals surface area (Å²) in [6.07, 6.45) is 7.02. The van der Waals surface area contributed by atoms with Crippen molar-refractivity contribution >= 4 is 0 Å². The monoisotopic (exact) mass is 217 g/mol. The fraction of sp³-hybridized carbons (Fsp3) is 0.417. The first-order valence-corrected chi connectivity index (χ1v) is 5.71. The van der Waals surface area contributed by atoms with Crippen LogP contribution in [0.25, 0.3) is 0 Å². The lowest BCUT2D eigenvalue weighted by Gasteiger charge is -2.22. The van der Waals surface area contributed by atoms with E-state index in [1.54, 1.807) is 12.5 Å². The average molecular weight is 217 g/mol. The zero-order valence-corrected chi connectivity index (χ0v) is 9.07. The maximum absolute atomic E-state index is 5.46. The lowest BCUT2D eigenvalue weighted by Crippen LogP contribution is -2.24. The van der Waals surface area contributed by atoms with Crippen LogP contribution < -0.4 is 5.32 Å². The Morgan fingerprint density at radius 1 is 1.50 bits per heavy atom. The van der Waals surface area contributed by atoms with E-state index in [-0.39, 0.29) is 0 Å². The van der Waals surface area contributed by atoms with Gasteiger partial charge in [-0.25, -0.2) is 0 Å². The van der Waals surface area contributed by atoms with Crippen LogP contribution in [0.3, 0.4) is 0 Å². The molecule has 4 heteroatoms. The van der Waals surface area contributed by atoms with Gasteiger partial charge in [-0.1, -0.05) is 0 Å². The van der Waals surface area contributed by atoms with E-state index in [2.05, 4.69) is 21.6 Å². The smallest absolute Gasteiger partial charge is 0.108 e. The SMILES string of the molecule is c1cc(CNC2CCCc3occc32)[nH]n1. The van der Waals surface area contributed by atoms with Gasteiger partial charge in [-0.3, -0.25) is 5.10 Å². The van der Waals surface area contributed by atoms with Crippen LogP contribution in [0.5, 0.6) is 0 Å². The van der Waals surface area contributed by atoms with Crippen molar-refractivity contribution in [1.29, 1.82) is 0 Å². The molecule has 0 fully saturated rings. The Labute approximate surface area is 94.0 Å². The van der Waals surface area contributed by atoms with Gasteiger partial charge in [0.2, 0.25) is 0 Å². The highest BCUT2D eigenvalue weighted by Gasteiger charge is 2.21. The molecule has 0 radical (unpaired) electrons. The summed E-state index contributed by atoms with van der Waals surface area (Å²) in [4.78, 5) is 0. The highest BCUT2D eigenvalue weighted by atomic mass is 16.3. The van der Waals surface area contributed by atoms with Crippen LogP contribution in [0.15, 0.2) is 29.0 Å². The normalized spacial score (nSPS) is 19.6. The molecule has 0 amide bonds. The van der Waals surface area contributed by atoms with Crippen molar-refractivity contribution in [2.24, 2.45) is 0 Å². The average Bonchev–Trinajstić information content (AvgIpc) is 2.97. The van der Waals surface area contributed by atoms with Crippen molar-refractivity contribution in [3.05, 3.63) is 41.6 Å². The lowest BCUT2D eigenvalue weighted by molar-refractivity contribution is 0.409. The predicted molar refractivity (Wildman–Crippen MR) is 59.8 cm³/mol. The van der Waals surface area contributed by atoms with E-state index in [9.17, 15) is 0 Å². The van der Waals surface area contributed by atoms with Gasteiger partial charge in [0.15, 0.2) is 0 Å². The minimum atomic E-state index is 0.422. The third-order valence-corrected chi connectivity index (χ3v) is 3.15. The first kappa shape index (κ1) is 9.66. The number of H-pyrrole nitrogens is 1. The van der Waals surface area contributed by atoms with E-state index in [0.29, 0.717) is 6.04 Å². The highest BCUT2D eigenvalue weighted by Crippen LogP contribution is 2.30. The Bertz CT molecular complexity index is 447. The van der Waals surface area contributed by atoms with Crippen molar-refractivity contribution in [2.45, 2.75) is 31.8 Å². The zero-order chi connectivity index (χ0) is 10.8. The van der Waals surface area contributed by atoms with Crippen LogP contribution in [0, 0.1) is 0 Å². The molecule has 0 spiro atoms. The van der Waals surface area contributed by atoms with Gasteiger partial charge >= 0.3 is 0 Å². The van der Waals surface area contributed by atoms with E-state index in [1.807, 2.05) is 6.07 Å². The van der Waals surface area contributed by atoms with Gasteiger partial charge in [0, 0.05) is 36.5 Å². The number of rotatable bonds is 3. The Hall–Kier alpha value is -1.55. The first-order chi connectivity index (χ1) is 7.93. The summed E-state index contributed by atoms with van der Waals surface area (Å²) >= 11 is 0. The maximum atomic E-state index is 5.46. The first-order valence-electron chi connectivity index (χ1n) is 5.71. The molecule has 0 saturated heterocycles. The Morgan fingerprint density at radius 2 is 2.50 bits per heavy atom. The fourth-order valence-electron chi connectivity index (χ4n) is 2.31. The van der Waals surface area contributed by atoms with Gasteiger partial charge in [-0.15, -0.1) is 0 Å². The molecule has 1 aliphatic rings. The van der Waals surface area contributed by atoms with Gasteiger partial charge in [-0.05, 0) is 25.0 Å². The van der Waals surface area contributed by atoms with Gasteiger partial charge < -0.3 is 9.73 Å². The minimum absolute atomic E-state index is 0.422. The van der Waals surface area contributed by atoms with Gasteiger partial charge in [0.25, 0.3) is 0 Å². The van der Waals surface area contributed by atoms with Crippen molar-refractivity contribution in [1.82, 2.24) is 15.5 Å². The quantitative estimate of drug-likeness (QED) is 0.828. The minimum Gasteiger partial charge on any atom is -0.469 e. The largest absolute Gasteiger partial charge is 0.469 e. The number of nitrogens with zero attached hydrogens (tertiary/aromatic N) is 1. The molecule has 1 aliphatic carbocycles. The molecule has 1 atom stereocenters. The van der Waals surface area contributed by atoms with Crippen molar-refractivity contribution < 1.29 is 4.42 Å². The number of hydrogen-bond acceptors (Lipinski definition) is 3. The van der Waals surface area contributed by atoms with E-state index >= 15 is 0 Å². The second-order valence-corrected chi connectivity index (χ2v) is 4.21. The molecule has 3 rings (SSSR count). The molecular formula is C12H15N3O. The number of furan rings is 1. The van der Waals surface area contributed by atoms with Crippen LogP contribution in [-0.4, -0.2) is 10.2 Å². The van der Waals surface area contributed by atoms with Crippen LogP contribution in [-0.2, 0) is 13.0 Å². The van der Waals surface area contributed by atoms with Crippen LogP contribution in [0.2, 0.25) is 0 Å². The number of hydrogen-bond donors (Lipinski definition) is 2. The highest BCUT2D eigenvalue weighted by molar-refractivity contribution is 5.24. The summed E-state index contributed by atoms with van der Waals surface area (Å²) in [6.45, 7) is 0.829. The summed E-state index contributed by atoms with van der Waals surface area (Å²) < 4.78 is 5.46. The number of nitrogens with one attached hydrogen (secondary N) is 2. The third kappa shape index (κ3) is 1.76. The van der Waals surface area contributed by atoms with Crippen LogP contribution in [0.1, 0.15) is 35.9 Å². The van der Waals surface area contributed by atoms with Crippen molar-refractivity contribution in [2.75, 3.05) is 0 Å². The number of aromatic nitrogens is 2.